The standard InChI is InChI=1S/C25H27N3O2S/c1-16-13-26-23(27-14-16)19-8-6-18(7-9-19)12-20(17(2)29)15-28-24(30)21-10-11-22(31-21)25(3,4)5/h6-11,13-15H,12H2,1-5H3,(H,28,30)/b20-15+. The van der Waals surface area contributed by atoms with Gasteiger partial charge in [0.05, 0.1) is 4.88 Å². The summed E-state index contributed by atoms with van der Waals surface area (Å²) in [6.45, 7) is 9.80. The highest BCUT2D eigenvalue weighted by Crippen LogP contribution is 2.29. The number of nitrogens with one attached hydrogen (secondary N) is 1. The Morgan fingerprint density at radius 3 is 2.23 bits per heavy atom. The van der Waals surface area contributed by atoms with Gasteiger partial charge in [0.1, 0.15) is 0 Å². The third kappa shape index (κ3) is 5.95. The van der Waals surface area contributed by atoms with Crippen molar-refractivity contribution in [2.45, 2.75) is 46.5 Å². The molecular formula is C25H27N3O2S. The van der Waals surface area contributed by atoms with Gasteiger partial charge in [-0.2, -0.15) is 0 Å². The summed E-state index contributed by atoms with van der Waals surface area (Å²) >= 11 is 1.47. The van der Waals surface area contributed by atoms with Crippen LogP contribution in [0, 0.1) is 6.92 Å². The van der Waals surface area contributed by atoms with Crippen LogP contribution in [0.25, 0.3) is 11.4 Å². The van der Waals surface area contributed by atoms with Gasteiger partial charge in [-0.25, -0.2) is 9.97 Å². The highest BCUT2D eigenvalue weighted by molar-refractivity contribution is 7.14. The average molecular weight is 434 g/mol. The van der Waals surface area contributed by atoms with Crippen molar-refractivity contribution in [2.24, 2.45) is 0 Å². The summed E-state index contributed by atoms with van der Waals surface area (Å²) in [4.78, 5) is 35.1. The van der Waals surface area contributed by atoms with Crippen molar-refractivity contribution in [1.29, 1.82) is 0 Å². The Morgan fingerprint density at radius 1 is 1.03 bits per heavy atom. The lowest BCUT2D eigenvalue weighted by Gasteiger charge is -2.15. The quantitative estimate of drug-likeness (QED) is 0.539. The van der Waals surface area contributed by atoms with E-state index in [1.54, 1.807) is 12.4 Å². The highest BCUT2D eigenvalue weighted by Gasteiger charge is 2.18. The van der Waals surface area contributed by atoms with E-state index in [1.807, 2.05) is 43.3 Å². The number of thiophene rings is 1. The Labute approximate surface area is 187 Å². The molecule has 3 rings (SSSR count). The van der Waals surface area contributed by atoms with Gasteiger partial charge in [-0.15, -0.1) is 11.3 Å². The van der Waals surface area contributed by atoms with Crippen molar-refractivity contribution in [3.8, 4) is 11.4 Å². The lowest BCUT2D eigenvalue weighted by molar-refractivity contribution is -0.113. The fourth-order valence-electron chi connectivity index (χ4n) is 2.90. The zero-order chi connectivity index (χ0) is 22.6. The molecule has 0 atom stereocenters. The molecule has 0 aliphatic rings. The summed E-state index contributed by atoms with van der Waals surface area (Å²) in [5.74, 6) is 0.385. The Morgan fingerprint density at radius 2 is 1.68 bits per heavy atom. The van der Waals surface area contributed by atoms with Crippen LogP contribution in [0.5, 0.6) is 0 Å². The van der Waals surface area contributed by atoms with Gasteiger partial charge in [0.25, 0.3) is 5.91 Å². The summed E-state index contributed by atoms with van der Waals surface area (Å²) < 4.78 is 0. The van der Waals surface area contributed by atoms with Crippen molar-refractivity contribution in [3.63, 3.8) is 0 Å². The van der Waals surface area contributed by atoms with Crippen LogP contribution in [-0.2, 0) is 16.6 Å². The van der Waals surface area contributed by atoms with E-state index in [0.717, 1.165) is 21.6 Å². The van der Waals surface area contributed by atoms with Gasteiger partial charge >= 0.3 is 0 Å². The van der Waals surface area contributed by atoms with Crippen molar-refractivity contribution in [2.75, 3.05) is 0 Å². The molecule has 0 aliphatic carbocycles. The molecule has 2 aromatic heterocycles. The van der Waals surface area contributed by atoms with Crippen LogP contribution in [0.3, 0.4) is 0 Å². The number of carbonyl (C=O) groups is 2. The fourth-order valence-corrected chi connectivity index (χ4v) is 3.86. The summed E-state index contributed by atoms with van der Waals surface area (Å²) in [7, 11) is 0. The van der Waals surface area contributed by atoms with Gasteiger partial charge in [-0.05, 0) is 42.5 Å². The van der Waals surface area contributed by atoms with Gasteiger partial charge in [0.2, 0.25) is 0 Å². The number of hydrogen-bond acceptors (Lipinski definition) is 5. The molecule has 0 fully saturated rings. The third-order valence-electron chi connectivity index (χ3n) is 4.79. The zero-order valence-corrected chi connectivity index (χ0v) is 19.3. The second kappa shape index (κ2) is 9.35. The smallest absolute Gasteiger partial charge is 0.265 e. The molecule has 0 saturated heterocycles. The van der Waals surface area contributed by atoms with Crippen LogP contribution in [0.15, 0.2) is 60.6 Å². The van der Waals surface area contributed by atoms with Gasteiger partial charge < -0.3 is 5.32 Å². The van der Waals surface area contributed by atoms with Crippen LogP contribution in [0.4, 0.5) is 0 Å². The van der Waals surface area contributed by atoms with Crippen LogP contribution in [-0.4, -0.2) is 21.7 Å². The van der Waals surface area contributed by atoms with E-state index in [-0.39, 0.29) is 17.1 Å². The minimum atomic E-state index is -0.203. The highest BCUT2D eigenvalue weighted by atomic mass is 32.1. The van der Waals surface area contributed by atoms with E-state index in [4.69, 9.17) is 0 Å². The van der Waals surface area contributed by atoms with E-state index in [2.05, 4.69) is 36.1 Å². The number of rotatable bonds is 6. The third-order valence-corrected chi connectivity index (χ3v) is 6.30. The minimum absolute atomic E-state index is 0.000632. The molecule has 0 aliphatic heterocycles. The number of ketones is 1. The Hall–Kier alpha value is -3.12. The molecule has 0 unspecified atom stereocenters. The number of aryl methyl sites for hydroxylation is 1. The maximum atomic E-state index is 12.5. The molecule has 1 N–H and O–H groups in total. The minimum Gasteiger partial charge on any atom is -0.327 e. The van der Waals surface area contributed by atoms with Crippen molar-refractivity contribution in [3.05, 3.63) is 81.4 Å². The number of amides is 1. The van der Waals surface area contributed by atoms with Crippen molar-refractivity contribution < 1.29 is 9.59 Å². The van der Waals surface area contributed by atoms with Gasteiger partial charge in [-0.3, -0.25) is 9.59 Å². The second-order valence-corrected chi connectivity index (χ2v) is 9.65. The number of benzene rings is 1. The SMILES string of the molecule is CC(=O)/C(=C/NC(=O)c1ccc(C(C)(C)C)s1)Cc1ccc(-c2ncc(C)cn2)cc1. The Balaban J connectivity index is 1.70. The molecule has 1 amide bonds. The molecule has 0 radical (unpaired) electrons. The summed E-state index contributed by atoms with van der Waals surface area (Å²) in [6.07, 6.45) is 5.53. The van der Waals surface area contributed by atoms with Gasteiger partial charge in [0, 0.05) is 41.0 Å². The predicted molar refractivity (Wildman–Crippen MR) is 125 cm³/mol. The number of nitrogens with zero attached hydrogens (tertiary/aromatic N) is 2. The molecule has 31 heavy (non-hydrogen) atoms. The largest absolute Gasteiger partial charge is 0.327 e. The van der Waals surface area contributed by atoms with Gasteiger partial charge in [-0.1, -0.05) is 45.0 Å². The Bertz CT molecular complexity index is 1100. The fraction of sp³-hybridized carbons (Fsp3) is 0.280. The van der Waals surface area contributed by atoms with E-state index >= 15 is 0 Å². The molecule has 0 spiro atoms. The molecule has 1 aromatic carbocycles. The first-order valence-electron chi connectivity index (χ1n) is 10.1. The summed E-state index contributed by atoms with van der Waals surface area (Å²) in [6, 6.07) is 11.6. The lowest BCUT2D eigenvalue weighted by atomic mass is 9.95. The molecule has 2 heterocycles. The Kier molecular flexibility index (Phi) is 6.81. The van der Waals surface area contributed by atoms with Gasteiger partial charge in [0.15, 0.2) is 11.6 Å². The van der Waals surface area contributed by atoms with Crippen LogP contribution in [0.1, 0.15) is 53.4 Å². The molecule has 0 bridgehead atoms. The van der Waals surface area contributed by atoms with Crippen LogP contribution in [0.2, 0.25) is 0 Å². The summed E-state index contributed by atoms with van der Waals surface area (Å²) in [5.41, 5.74) is 3.44. The number of allylic oxidation sites excluding steroid dienone is 1. The number of carbonyl (C=O) groups excluding carboxylic acids is 2. The maximum absolute atomic E-state index is 12.5. The van der Waals surface area contributed by atoms with E-state index in [1.165, 1.54) is 24.5 Å². The van der Waals surface area contributed by atoms with Crippen molar-refractivity contribution in [1.82, 2.24) is 15.3 Å². The molecular weight excluding hydrogens is 406 g/mol. The van der Waals surface area contributed by atoms with Crippen LogP contribution >= 0.6 is 11.3 Å². The number of aromatic nitrogens is 2. The first kappa shape index (κ1) is 22.6. The molecule has 5 nitrogen and oxygen atoms in total. The van der Waals surface area contributed by atoms with Crippen molar-refractivity contribution >= 4 is 23.0 Å². The molecule has 160 valence electrons. The van der Waals surface area contributed by atoms with E-state index < -0.39 is 0 Å². The topological polar surface area (TPSA) is 72.0 Å². The first-order chi connectivity index (χ1) is 14.6. The molecule has 3 aromatic rings. The lowest BCUT2D eigenvalue weighted by Crippen LogP contribution is -2.18. The normalized spacial score (nSPS) is 12.0. The second-order valence-electron chi connectivity index (χ2n) is 8.57. The van der Waals surface area contributed by atoms with Crippen LogP contribution < -0.4 is 5.32 Å². The number of Topliss-reactive ketones (excluding diaryl/α,β-unsaturated/α-hetero) is 1. The zero-order valence-electron chi connectivity index (χ0n) is 18.5. The van der Waals surface area contributed by atoms with E-state index in [9.17, 15) is 9.59 Å². The average Bonchev–Trinajstić information content (AvgIpc) is 3.23. The maximum Gasteiger partial charge on any atom is 0.265 e. The molecule has 0 saturated carbocycles. The predicted octanol–water partition coefficient (Wildman–Crippen LogP) is 5.26. The monoisotopic (exact) mass is 433 g/mol. The summed E-state index contributed by atoms with van der Waals surface area (Å²) in [5, 5.41) is 2.78. The first-order valence-corrected chi connectivity index (χ1v) is 10.9. The number of hydrogen-bond donors (Lipinski definition) is 1. The van der Waals surface area contributed by atoms with E-state index in [0.29, 0.717) is 22.7 Å². The molecule has 6 heteroatoms.